The smallest absolute Gasteiger partial charge is 0.274 e. The zero-order valence-corrected chi connectivity index (χ0v) is 15.2. The number of amides is 1. The molecule has 26 heavy (non-hydrogen) atoms. The van der Waals surface area contributed by atoms with E-state index < -0.39 is 0 Å². The summed E-state index contributed by atoms with van der Waals surface area (Å²) in [7, 11) is 3.11. The number of hydrogen-bond donors (Lipinski definition) is 1. The summed E-state index contributed by atoms with van der Waals surface area (Å²) in [6.45, 7) is 4.22. The highest BCUT2D eigenvalue weighted by molar-refractivity contribution is 6.05. The molecule has 1 N–H and O–H groups in total. The maximum atomic E-state index is 12.9. The second-order valence-corrected chi connectivity index (χ2v) is 5.57. The fraction of sp³-hybridized carbons (Fsp3) is 0.263. The Morgan fingerprint density at radius 2 is 2.00 bits per heavy atom. The summed E-state index contributed by atoms with van der Waals surface area (Å²) in [5, 5.41) is 2.88. The molecule has 0 unspecified atom stereocenters. The van der Waals surface area contributed by atoms with Crippen LogP contribution in [-0.4, -0.2) is 36.1 Å². The van der Waals surface area contributed by atoms with Crippen molar-refractivity contribution >= 4 is 17.2 Å². The van der Waals surface area contributed by atoms with E-state index in [4.69, 9.17) is 14.2 Å². The SMILES string of the molecule is CCOc1cccn2c(C(=O)Nc3ccc(OC)cc3OC)c(C)nc12. The molecular formula is C19H21N3O4. The van der Waals surface area contributed by atoms with Gasteiger partial charge in [0.2, 0.25) is 0 Å². The summed E-state index contributed by atoms with van der Waals surface area (Å²) in [5.41, 5.74) is 2.22. The van der Waals surface area contributed by atoms with Gasteiger partial charge in [0.05, 0.1) is 32.2 Å². The minimum Gasteiger partial charge on any atom is -0.497 e. The van der Waals surface area contributed by atoms with E-state index in [0.717, 1.165) is 0 Å². The fourth-order valence-electron chi connectivity index (χ4n) is 2.78. The number of carbonyl (C=O) groups excluding carboxylic acids is 1. The van der Waals surface area contributed by atoms with E-state index in [0.29, 0.717) is 46.6 Å². The molecule has 0 aliphatic carbocycles. The molecule has 0 aliphatic rings. The molecule has 0 saturated carbocycles. The van der Waals surface area contributed by atoms with Crippen molar-refractivity contribution in [2.24, 2.45) is 0 Å². The molecule has 0 aliphatic heterocycles. The molecule has 0 bridgehead atoms. The normalized spacial score (nSPS) is 10.6. The maximum absolute atomic E-state index is 12.9. The number of nitrogens with zero attached hydrogens (tertiary/aromatic N) is 2. The van der Waals surface area contributed by atoms with Gasteiger partial charge in [0.1, 0.15) is 17.2 Å². The van der Waals surface area contributed by atoms with Gasteiger partial charge in [-0.15, -0.1) is 0 Å². The average molecular weight is 355 g/mol. The molecule has 0 radical (unpaired) electrons. The third kappa shape index (κ3) is 3.15. The van der Waals surface area contributed by atoms with Crippen LogP contribution in [0.3, 0.4) is 0 Å². The van der Waals surface area contributed by atoms with E-state index in [1.54, 1.807) is 42.8 Å². The van der Waals surface area contributed by atoms with Crippen LogP contribution in [-0.2, 0) is 0 Å². The van der Waals surface area contributed by atoms with Crippen molar-refractivity contribution in [2.45, 2.75) is 13.8 Å². The molecule has 3 aromatic rings. The first-order valence-corrected chi connectivity index (χ1v) is 8.22. The standard InChI is InChI=1S/C19H21N3O4/c1-5-26-15-7-6-10-22-17(12(2)20-18(15)22)19(23)21-14-9-8-13(24-3)11-16(14)25-4/h6-11H,5H2,1-4H3,(H,21,23). The van der Waals surface area contributed by atoms with Crippen molar-refractivity contribution in [3.8, 4) is 17.2 Å². The lowest BCUT2D eigenvalue weighted by Gasteiger charge is -2.12. The minimum absolute atomic E-state index is 0.285. The quantitative estimate of drug-likeness (QED) is 0.734. The molecule has 7 nitrogen and oxygen atoms in total. The first-order chi connectivity index (χ1) is 12.6. The van der Waals surface area contributed by atoms with Crippen LogP contribution < -0.4 is 19.5 Å². The van der Waals surface area contributed by atoms with Crippen LogP contribution in [0.1, 0.15) is 23.1 Å². The number of nitrogens with one attached hydrogen (secondary N) is 1. The largest absolute Gasteiger partial charge is 0.497 e. The summed E-state index contributed by atoms with van der Waals surface area (Å²) in [6, 6.07) is 8.86. The van der Waals surface area contributed by atoms with Crippen LogP contribution in [0.25, 0.3) is 5.65 Å². The van der Waals surface area contributed by atoms with Crippen LogP contribution in [0.2, 0.25) is 0 Å². The highest BCUT2D eigenvalue weighted by atomic mass is 16.5. The maximum Gasteiger partial charge on any atom is 0.274 e. The Hall–Kier alpha value is -3.22. The Labute approximate surface area is 151 Å². The number of aryl methyl sites for hydroxylation is 1. The van der Waals surface area contributed by atoms with E-state index in [9.17, 15) is 4.79 Å². The average Bonchev–Trinajstić information content (AvgIpc) is 2.99. The molecule has 1 aromatic carbocycles. The van der Waals surface area contributed by atoms with Crippen molar-refractivity contribution in [1.29, 1.82) is 0 Å². The Kier molecular flexibility index (Phi) is 4.97. The molecule has 0 fully saturated rings. The van der Waals surface area contributed by atoms with Crippen molar-refractivity contribution in [3.63, 3.8) is 0 Å². The molecule has 136 valence electrons. The molecule has 2 heterocycles. The number of fused-ring (bicyclic) bond motifs is 1. The number of ether oxygens (including phenoxy) is 3. The number of aromatic nitrogens is 2. The topological polar surface area (TPSA) is 74.1 Å². The van der Waals surface area contributed by atoms with Crippen molar-refractivity contribution in [1.82, 2.24) is 9.38 Å². The number of pyridine rings is 1. The van der Waals surface area contributed by atoms with Crippen LogP contribution in [0.15, 0.2) is 36.5 Å². The zero-order chi connectivity index (χ0) is 18.7. The second-order valence-electron chi connectivity index (χ2n) is 5.57. The molecule has 0 saturated heterocycles. The number of methoxy groups -OCH3 is 2. The van der Waals surface area contributed by atoms with Gasteiger partial charge in [-0.3, -0.25) is 9.20 Å². The molecule has 1 amide bonds. The molecule has 0 atom stereocenters. The van der Waals surface area contributed by atoms with Crippen molar-refractivity contribution in [2.75, 3.05) is 26.1 Å². The minimum atomic E-state index is -0.285. The summed E-state index contributed by atoms with van der Waals surface area (Å²) in [4.78, 5) is 17.4. The summed E-state index contributed by atoms with van der Waals surface area (Å²) in [6.07, 6.45) is 1.79. The Morgan fingerprint density at radius 3 is 2.69 bits per heavy atom. The molecule has 0 spiro atoms. The summed E-state index contributed by atoms with van der Waals surface area (Å²) < 4.78 is 17.8. The first kappa shape index (κ1) is 17.6. The van der Waals surface area contributed by atoms with E-state index in [2.05, 4.69) is 10.3 Å². The van der Waals surface area contributed by atoms with Crippen molar-refractivity contribution < 1.29 is 19.0 Å². The molecular weight excluding hydrogens is 334 g/mol. The van der Waals surface area contributed by atoms with Gasteiger partial charge < -0.3 is 19.5 Å². The van der Waals surface area contributed by atoms with Gasteiger partial charge in [0.15, 0.2) is 11.4 Å². The van der Waals surface area contributed by atoms with Crippen LogP contribution in [0.5, 0.6) is 17.2 Å². The monoisotopic (exact) mass is 355 g/mol. The highest BCUT2D eigenvalue weighted by Gasteiger charge is 2.20. The van der Waals surface area contributed by atoms with Crippen molar-refractivity contribution in [3.05, 3.63) is 47.9 Å². The van der Waals surface area contributed by atoms with E-state index in [-0.39, 0.29) is 5.91 Å². The van der Waals surface area contributed by atoms with Gasteiger partial charge >= 0.3 is 0 Å². The number of anilines is 1. The van der Waals surface area contributed by atoms with Gasteiger partial charge in [0.25, 0.3) is 5.91 Å². The number of carbonyl (C=O) groups is 1. The predicted octanol–water partition coefficient (Wildman–Crippen LogP) is 3.31. The van der Waals surface area contributed by atoms with Gasteiger partial charge in [0, 0.05) is 12.3 Å². The van der Waals surface area contributed by atoms with E-state index in [1.165, 1.54) is 7.11 Å². The predicted molar refractivity (Wildman–Crippen MR) is 98.6 cm³/mol. The number of hydrogen-bond acceptors (Lipinski definition) is 5. The Balaban J connectivity index is 1.98. The summed E-state index contributed by atoms with van der Waals surface area (Å²) in [5.74, 6) is 1.51. The highest BCUT2D eigenvalue weighted by Crippen LogP contribution is 2.30. The van der Waals surface area contributed by atoms with E-state index >= 15 is 0 Å². The van der Waals surface area contributed by atoms with Gasteiger partial charge in [-0.25, -0.2) is 4.98 Å². The lowest BCUT2D eigenvalue weighted by atomic mass is 10.2. The van der Waals surface area contributed by atoms with E-state index in [1.807, 2.05) is 19.1 Å². The number of imidazole rings is 1. The third-order valence-corrected chi connectivity index (χ3v) is 3.96. The Bertz CT molecular complexity index is 949. The lowest BCUT2D eigenvalue weighted by molar-refractivity contribution is 0.102. The Morgan fingerprint density at radius 1 is 1.19 bits per heavy atom. The van der Waals surface area contributed by atoms with Gasteiger partial charge in [-0.2, -0.15) is 0 Å². The van der Waals surface area contributed by atoms with Crippen LogP contribution in [0.4, 0.5) is 5.69 Å². The molecule has 2 aromatic heterocycles. The van der Waals surface area contributed by atoms with Gasteiger partial charge in [-0.05, 0) is 38.1 Å². The number of rotatable bonds is 6. The van der Waals surface area contributed by atoms with Crippen LogP contribution in [0, 0.1) is 6.92 Å². The third-order valence-electron chi connectivity index (χ3n) is 3.96. The van der Waals surface area contributed by atoms with Gasteiger partial charge in [-0.1, -0.05) is 0 Å². The molecule has 3 rings (SSSR count). The fourth-order valence-corrected chi connectivity index (χ4v) is 2.78. The zero-order valence-electron chi connectivity index (χ0n) is 15.2. The second kappa shape index (κ2) is 7.35. The lowest BCUT2D eigenvalue weighted by Crippen LogP contribution is -2.16. The number of benzene rings is 1. The summed E-state index contributed by atoms with van der Waals surface area (Å²) >= 11 is 0. The first-order valence-electron chi connectivity index (χ1n) is 8.22. The molecule has 7 heteroatoms. The van der Waals surface area contributed by atoms with Crippen LogP contribution >= 0.6 is 0 Å².